The molecule has 0 bridgehead atoms. The highest BCUT2D eigenvalue weighted by molar-refractivity contribution is 7.13. The summed E-state index contributed by atoms with van der Waals surface area (Å²) in [6, 6.07) is 15.4. The Labute approximate surface area is 148 Å². The molecule has 2 aromatic carbocycles. The molecule has 1 aliphatic rings. The predicted octanol–water partition coefficient (Wildman–Crippen LogP) is 4.98. The van der Waals surface area contributed by atoms with Gasteiger partial charge in [-0.15, -0.1) is 11.3 Å². The van der Waals surface area contributed by atoms with Crippen LogP contribution in [0.2, 0.25) is 5.02 Å². The summed E-state index contributed by atoms with van der Waals surface area (Å²) >= 11 is 7.48. The first-order chi connectivity index (χ1) is 11.6. The van der Waals surface area contributed by atoms with Crippen LogP contribution in [0.4, 0.5) is 5.69 Å². The zero-order valence-corrected chi connectivity index (χ0v) is 14.4. The monoisotopic (exact) mass is 352 g/mol. The van der Waals surface area contributed by atoms with Crippen molar-refractivity contribution in [1.82, 2.24) is 4.98 Å². The summed E-state index contributed by atoms with van der Waals surface area (Å²) in [5, 5.41) is 3.57. The summed E-state index contributed by atoms with van der Waals surface area (Å²) in [7, 11) is 1.79. The normalized spacial score (nSPS) is 15.2. The van der Waals surface area contributed by atoms with Gasteiger partial charge in [-0.1, -0.05) is 41.9 Å². The molecule has 4 rings (SSSR count). The standard InChI is InChI=1S/C19H13ClN2OS/c1-22-17-5-3-2-4-15(17)16(19(22)23)10-14-11-24-18(21-14)12-6-8-13(20)9-7-12/h2-11H,1H3/b16-10-. The van der Waals surface area contributed by atoms with Gasteiger partial charge in [0, 0.05) is 28.6 Å². The largest absolute Gasteiger partial charge is 0.311 e. The lowest BCUT2D eigenvalue weighted by molar-refractivity contribution is -0.112. The van der Waals surface area contributed by atoms with E-state index in [4.69, 9.17) is 11.6 Å². The Bertz CT molecular complexity index is 960. The number of hydrogen-bond donors (Lipinski definition) is 0. The molecule has 0 radical (unpaired) electrons. The van der Waals surface area contributed by atoms with Crippen molar-refractivity contribution in [2.24, 2.45) is 0 Å². The van der Waals surface area contributed by atoms with E-state index < -0.39 is 0 Å². The van der Waals surface area contributed by atoms with Crippen molar-refractivity contribution >= 4 is 46.2 Å². The number of anilines is 1. The van der Waals surface area contributed by atoms with E-state index in [1.807, 2.05) is 60.0 Å². The smallest absolute Gasteiger partial charge is 0.258 e. The number of aromatic nitrogens is 1. The van der Waals surface area contributed by atoms with Crippen LogP contribution in [0, 0.1) is 0 Å². The summed E-state index contributed by atoms with van der Waals surface area (Å²) in [4.78, 5) is 18.8. The van der Waals surface area contributed by atoms with Gasteiger partial charge in [0.15, 0.2) is 0 Å². The van der Waals surface area contributed by atoms with Gasteiger partial charge >= 0.3 is 0 Å². The number of thiazole rings is 1. The number of benzene rings is 2. The number of hydrogen-bond acceptors (Lipinski definition) is 3. The number of nitrogens with zero attached hydrogens (tertiary/aromatic N) is 2. The van der Waals surface area contributed by atoms with Crippen LogP contribution >= 0.6 is 22.9 Å². The van der Waals surface area contributed by atoms with E-state index in [1.165, 1.54) is 0 Å². The highest BCUT2D eigenvalue weighted by Gasteiger charge is 2.29. The molecule has 5 heteroatoms. The average molecular weight is 353 g/mol. The lowest BCUT2D eigenvalue weighted by Crippen LogP contribution is -2.20. The molecule has 24 heavy (non-hydrogen) atoms. The van der Waals surface area contributed by atoms with Gasteiger partial charge in [0.25, 0.3) is 5.91 Å². The Morgan fingerprint density at radius 3 is 2.67 bits per heavy atom. The van der Waals surface area contributed by atoms with Crippen LogP contribution in [-0.4, -0.2) is 17.9 Å². The van der Waals surface area contributed by atoms with Crippen LogP contribution < -0.4 is 4.90 Å². The van der Waals surface area contributed by atoms with E-state index in [-0.39, 0.29) is 5.91 Å². The van der Waals surface area contributed by atoms with Crippen molar-refractivity contribution in [2.45, 2.75) is 0 Å². The number of carbonyl (C=O) groups excluding carboxylic acids is 1. The van der Waals surface area contributed by atoms with E-state index >= 15 is 0 Å². The van der Waals surface area contributed by atoms with Gasteiger partial charge in [-0.2, -0.15) is 0 Å². The molecule has 0 N–H and O–H groups in total. The molecular weight excluding hydrogens is 340 g/mol. The van der Waals surface area contributed by atoms with Gasteiger partial charge in [-0.3, -0.25) is 4.79 Å². The molecule has 1 aromatic heterocycles. The molecule has 1 amide bonds. The number of likely N-dealkylation sites (N-methyl/N-ethyl adjacent to an activating group) is 1. The van der Waals surface area contributed by atoms with E-state index in [1.54, 1.807) is 23.3 Å². The van der Waals surface area contributed by atoms with Crippen molar-refractivity contribution < 1.29 is 4.79 Å². The molecule has 3 aromatic rings. The molecule has 3 nitrogen and oxygen atoms in total. The molecule has 0 fully saturated rings. The summed E-state index contributed by atoms with van der Waals surface area (Å²) in [5.41, 5.74) is 4.37. The quantitative estimate of drug-likeness (QED) is 0.609. The van der Waals surface area contributed by atoms with Crippen LogP contribution in [-0.2, 0) is 4.79 Å². The first kappa shape index (κ1) is 15.1. The van der Waals surface area contributed by atoms with E-state index in [2.05, 4.69) is 4.98 Å². The summed E-state index contributed by atoms with van der Waals surface area (Å²) in [6.45, 7) is 0. The Morgan fingerprint density at radius 2 is 1.88 bits per heavy atom. The number of halogens is 1. The van der Waals surface area contributed by atoms with Crippen LogP contribution in [0.25, 0.3) is 22.2 Å². The van der Waals surface area contributed by atoms with Gasteiger partial charge in [-0.05, 0) is 24.3 Å². The fourth-order valence-electron chi connectivity index (χ4n) is 2.76. The maximum Gasteiger partial charge on any atom is 0.258 e. The lowest BCUT2D eigenvalue weighted by Gasteiger charge is -2.07. The maximum atomic E-state index is 12.5. The second-order valence-corrected chi connectivity index (χ2v) is 6.82. The van der Waals surface area contributed by atoms with Crippen LogP contribution in [0.1, 0.15) is 11.3 Å². The minimum absolute atomic E-state index is 0.00255. The highest BCUT2D eigenvalue weighted by atomic mass is 35.5. The predicted molar refractivity (Wildman–Crippen MR) is 100 cm³/mol. The molecule has 0 spiro atoms. The Balaban J connectivity index is 1.72. The molecule has 0 saturated carbocycles. The van der Waals surface area contributed by atoms with Crippen molar-refractivity contribution in [3.63, 3.8) is 0 Å². The number of para-hydroxylation sites is 1. The highest BCUT2D eigenvalue weighted by Crippen LogP contribution is 2.37. The molecule has 118 valence electrons. The minimum atomic E-state index is -0.00255. The fourth-order valence-corrected chi connectivity index (χ4v) is 3.67. The Morgan fingerprint density at radius 1 is 1.12 bits per heavy atom. The number of amides is 1. The molecule has 1 aliphatic heterocycles. The number of rotatable bonds is 2. The van der Waals surface area contributed by atoms with Crippen molar-refractivity contribution in [3.05, 3.63) is 70.2 Å². The second kappa shape index (κ2) is 5.89. The van der Waals surface area contributed by atoms with Gasteiger partial charge in [-0.25, -0.2) is 4.98 Å². The summed E-state index contributed by atoms with van der Waals surface area (Å²) in [5.74, 6) is -0.00255. The number of fused-ring (bicyclic) bond motifs is 1. The molecular formula is C19H13ClN2OS. The summed E-state index contributed by atoms with van der Waals surface area (Å²) in [6.07, 6.45) is 1.86. The van der Waals surface area contributed by atoms with Crippen molar-refractivity contribution in [3.8, 4) is 10.6 Å². The first-order valence-electron chi connectivity index (χ1n) is 7.44. The average Bonchev–Trinajstić information content (AvgIpc) is 3.16. The molecule has 0 unspecified atom stereocenters. The topological polar surface area (TPSA) is 33.2 Å². The second-order valence-electron chi connectivity index (χ2n) is 5.52. The van der Waals surface area contributed by atoms with Gasteiger partial charge in [0.1, 0.15) is 5.01 Å². The van der Waals surface area contributed by atoms with E-state index in [9.17, 15) is 4.79 Å². The third kappa shape index (κ3) is 2.54. The SMILES string of the molecule is CN1C(=O)/C(=C\c2csc(-c3ccc(Cl)cc3)n2)c2ccccc21. The first-order valence-corrected chi connectivity index (χ1v) is 8.70. The molecule has 0 atom stereocenters. The lowest BCUT2D eigenvalue weighted by atomic mass is 10.1. The van der Waals surface area contributed by atoms with Gasteiger partial charge < -0.3 is 4.90 Å². The van der Waals surface area contributed by atoms with Crippen LogP contribution in [0.5, 0.6) is 0 Å². The molecule has 0 aliphatic carbocycles. The number of carbonyl (C=O) groups is 1. The Hall–Kier alpha value is -2.43. The maximum absolute atomic E-state index is 12.5. The minimum Gasteiger partial charge on any atom is -0.311 e. The van der Waals surface area contributed by atoms with Gasteiger partial charge in [0.2, 0.25) is 0 Å². The molecule has 2 heterocycles. The third-order valence-electron chi connectivity index (χ3n) is 4.00. The summed E-state index contributed by atoms with van der Waals surface area (Å²) < 4.78 is 0. The van der Waals surface area contributed by atoms with Crippen LogP contribution in [0.15, 0.2) is 53.9 Å². The van der Waals surface area contributed by atoms with Gasteiger partial charge in [0.05, 0.1) is 17.0 Å². The Kier molecular flexibility index (Phi) is 3.71. The van der Waals surface area contributed by atoms with E-state index in [0.29, 0.717) is 10.6 Å². The zero-order chi connectivity index (χ0) is 16.7. The third-order valence-corrected chi connectivity index (χ3v) is 5.16. The zero-order valence-electron chi connectivity index (χ0n) is 12.9. The van der Waals surface area contributed by atoms with Crippen molar-refractivity contribution in [2.75, 3.05) is 11.9 Å². The van der Waals surface area contributed by atoms with Crippen molar-refractivity contribution in [1.29, 1.82) is 0 Å². The fraction of sp³-hybridized carbons (Fsp3) is 0.0526. The van der Waals surface area contributed by atoms with Crippen LogP contribution in [0.3, 0.4) is 0 Å². The molecule has 0 saturated heterocycles. The van der Waals surface area contributed by atoms with E-state index in [0.717, 1.165) is 27.5 Å².